The summed E-state index contributed by atoms with van der Waals surface area (Å²) in [5.41, 5.74) is 1.84. The van der Waals surface area contributed by atoms with Gasteiger partial charge in [-0.25, -0.2) is 14.8 Å². The molecule has 0 radical (unpaired) electrons. The minimum atomic E-state index is -4.64. The second kappa shape index (κ2) is 11.1. The van der Waals surface area contributed by atoms with Gasteiger partial charge in [0.1, 0.15) is 23.2 Å². The van der Waals surface area contributed by atoms with E-state index in [0.29, 0.717) is 41.0 Å². The number of nitrogens with one attached hydrogen (secondary N) is 4. The van der Waals surface area contributed by atoms with E-state index < -0.39 is 22.8 Å². The summed E-state index contributed by atoms with van der Waals surface area (Å²) < 4.78 is 44.6. The number of carbonyl (C=O) groups excluding carboxylic acids is 1. The summed E-state index contributed by atoms with van der Waals surface area (Å²) >= 11 is 5.63. The third-order valence-electron chi connectivity index (χ3n) is 5.80. The number of urea groups is 1. The molecule has 0 atom stereocenters. The quantitative estimate of drug-likeness (QED) is 0.162. The molecule has 2 aromatic carbocycles. The first-order chi connectivity index (χ1) is 19.1. The average molecular weight is 568 g/mol. The van der Waals surface area contributed by atoms with Crippen LogP contribution in [0.2, 0.25) is 5.02 Å². The number of aromatic amines is 1. The second-order valence-corrected chi connectivity index (χ2v) is 9.12. The number of benzene rings is 2. The van der Waals surface area contributed by atoms with Crippen LogP contribution in [0.15, 0.2) is 77.5 Å². The van der Waals surface area contributed by atoms with Crippen molar-refractivity contribution in [3.8, 4) is 11.5 Å². The van der Waals surface area contributed by atoms with Crippen LogP contribution >= 0.6 is 11.6 Å². The highest BCUT2D eigenvalue weighted by atomic mass is 35.5. The van der Waals surface area contributed by atoms with E-state index in [0.717, 1.165) is 23.3 Å². The Morgan fingerprint density at radius 2 is 1.82 bits per heavy atom. The first-order valence-electron chi connectivity index (χ1n) is 11.9. The molecule has 0 saturated carbocycles. The Bertz CT molecular complexity index is 1650. The Hall–Kier alpha value is -4.84. The van der Waals surface area contributed by atoms with Crippen LogP contribution in [0.5, 0.6) is 0 Å². The van der Waals surface area contributed by atoms with Crippen molar-refractivity contribution in [3.05, 3.63) is 101 Å². The van der Waals surface area contributed by atoms with E-state index in [1.54, 1.807) is 42.8 Å². The number of amides is 2. The fraction of sp³-hybridized carbons (Fsp3) is 0.111. The molecule has 0 spiro atoms. The molecule has 9 nitrogen and oxygen atoms in total. The molecule has 0 aliphatic rings. The van der Waals surface area contributed by atoms with E-state index in [2.05, 4.69) is 36.1 Å². The molecule has 204 valence electrons. The van der Waals surface area contributed by atoms with Crippen molar-refractivity contribution in [1.82, 2.24) is 20.2 Å². The molecule has 2 amide bonds. The van der Waals surface area contributed by atoms with E-state index in [4.69, 9.17) is 16.0 Å². The summed E-state index contributed by atoms with van der Waals surface area (Å²) in [4.78, 5) is 21.3. The van der Waals surface area contributed by atoms with Crippen LogP contribution in [0.3, 0.4) is 0 Å². The van der Waals surface area contributed by atoms with Gasteiger partial charge in [-0.15, -0.1) is 0 Å². The van der Waals surface area contributed by atoms with Crippen molar-refractivity contribution < 1.29 is 22.4 Å². The minimum absolute atomic E-state index is 0.0412. The number of nitrogens with zero attached hydrogens (tertiary/aromatic N) is 3. The summed E-state index contributed by atoms with van der Waals surface area (Å²) in [7, 11) is 0. The lowest BCUT2D eigenvalue weighted by atomic mass is 10.0. The molecular formula is C27H21ClF3N7O2. The van der Waals surface area contributed by atoms with Crippen LogP contribution < -0.4 is 16.0 Å². The number of furan rings is 1. The van der Waals surface area contributed by atoms with Crippen molar-refractivity contribution in [2.45, 2.75) is 19.5 Å². The third-order valence-corrected chi connectivity index (χ3v) is 6.13. The molecule has 0 aliphatic carbocycles. The summed E-state index contributed by atoms with van der Waals surface area (Å²) in [5, 5.41) is 14.8. The maximum absolute atomic E-state index is 13.1. The molecule has 0 saturated heterocycles. The van der Waals surface area contributed by atoms with Gasteiger partial charge in [0.2, 0.25) is 0 Å². The highest BCUT2D eigenvalue weighted by Crippen LogP contribution is 2.36. The summed E-state index contributed by atoms with van der Waals surface area (Å²) in [5.74, 6) is 2.41. The van der Waals surface area contributed by atoms with Crippen LogP contribution in [0.25, 0.3) is 11.5 Å². The van der Waals surface area contributed by atoms with Gasteiger partial charge in [-0.05, 0) is 66.6 Å². The van der Waals surface area contributed by atoms with Gasteiger partial charge in [0, 0.05) is 30.1 Å². The van der Waals surface area contributed by atoms with E-state index in [1.807, 2.05) is 19.1 Å². The fourth-order valence-electron chi connectivity index (χ4n) is 3.88. The van der Waals surface area contributed by atoms with Gasteiger partial charge in [-0.2, -0.15) is 18.3 Å². The summed E-state index contributed by atoms with van der Waals surface area (Å²) in [6.45, 7) is 1.87. The van der Waals surface area contributed by atoms with Gasteiger partial charge in [0.25, 0.3) is 0 Å². The number of rotatable bonds is 7. The van der Waals surface area contributed by atoms with Gasteiger partial charge < -0.3 is 20.4 Å². The predicted octanol–water partition coefficient (Wildman–Crippen LogP) is 7.42. The number of alkyl halides is 3. The number of hydrogen-bond donors (Lipinski definition) is 4. The zero-order valence-electron chi connectivity index (χ0n) is 20.8. The number of anilines is 4. The molecule has 40 heavy (non-hydrogen) atoms. The largest absolute Gasteiger partial charge is 0.463 e. The highest BCUT2D eigenvalue weighted by Gasteiger charge is 2.33. The standard InChI is InChI=1S/C27H21ClF3N7O2/c1-15-11-17(33-26(39)34-18-6-7-20(28)19(13-18)27(29,30)31)5-4-16(15)12-24-32-9-8-23(35-24)36-25-14-21(37-38-25)22-3-2-10-40-22/h2-11,13-14H,12H2,1H3,(H2,33,34,39)(H2,32,35,36,37,38). The molecule has 0 aliphatic heterocycles. The number of aryl methyl sites for hydroxylation is 1. The van der Waals surface area contributed by atoms with Crippen LogP contribution in [0, 0.1) is 6.92 Å². The Kier molecular flexibility index (Phi) is 7.43. The monoisotopic (exact) mass is 567 g/mol. The zero-order valence-corrected chi connectivity index (χ0v) is 21.6. The lowest BCUT2D eigenvalue weighted by Crippen LogP contribution is -2.20. The molecule has 13 heteroatoms. The van der Waals surface area contributed by atoms with Crippen LogP contribution in [-0.2, 0) is 12.6 Å². The zero-order chi connectivity index (χ0) is 28.3. The molecule has 3 aromatic heterocycles. The van der Waals surface area contributed by atoms with Gasteiger partial charge in [0.15, 0.2) is 5.76 Å². The lowest BCUT2D eigenvalue weighted by molar-refractivity contribution is -0.137. The van der Waals surface area contributed by atoms with E-state index in [9.17, 15) is 18.0 Å². The Morgan fingerprint density at radius 3 is 2.55 bits per heavy atom. The molecule has 4 N–H and O–H groups in total. The molecule has 5 rings (SSSR count). The van der Waals surface area contributed by atoms with Gasteiger partial charge in [-0.1, -0.05) is 17.7 Å². The SMILES string of the molecule is Cc1cc(NC(=O)Nc2ccc(Cl)c(C(F)(F)F)c2)ccc1Cc1nccc(Nc2cc(-c3ccco3)n[nH]2)n1. The first kappa shape index (κ1) is 26.8. The predicted molar refractivity (Wildman–Crippen MR) is 145 cm³/mol. The van der Waals surface area contributed by atoms with Crippen LogP contribution in [-0.4, -0.2) is 26.2 Å². The van der Waals surface area contributed by atoms with Crippen molar-refractivity contribution in [2.24, 2.45) is 0 Å². The number of H-pyrrole nitrogens is 1. The first-order valence-corrected chi connectivity index (χ1v) is 12.2. The highest BCUT2D eigenvalue weighted by molar-refractivity contribution is 6.31. The molecular weight excluding hydrogens is 547 g/mol. The molecule has 5 aromatic rings. The third kappa shape index (κ3) is 6.41. The topological polar surface area (TPSA) is 121 Å². The van der Waals surface area contributed by atoms with Crippen molar-refractivity contribution in [2.75, 3.05) is 16.0 Å². The van der Waals surface area contributed by atoms with E-state index in [1.165, 1.54) is 6.07 Å². The molecule has 0 fully saturated rings. The van der Waals surface area contributed by atoms with Gasteiger partial charge in [-0.3, -0.25) is 5.10 Å². The van der Waals surface area contributed by atoms with Gasteiger partial charge in [0.05, 0.1) is 16.8 Å². The second-order valence-electron chi connectivity index (χ2n) is 8.72. The lowest BCUT2D eigenvalue weighted by Gasteiger charge is -2.13. The number of hydrogen-bond acceptors (Lipinski definition) is 6. The van der Waals surface area contributed by atoms with Crippen LogP contribution in [0.1, 0.15) is 22.5 Å². The van der Waals surface area contributed by atoms with E-state index >= 15 is 0 Å². The average Bonchev–Trinajstić information content (AvgIpc) is 3.59. The summed E-state index contributed by atoms with van der Waals surface area (Å²) in [6.07, 6.45) is -0.991. The van der Waals surface area contributed by atoms with Crippen molar-refractivity contribution >= 4 is 40.6 Å². The Morgan fingerprint density at radius 1 is 1.05 bits per heavy atom. The minimum Gasteiger partial charge on any atom is -0.463 e. The summed E-state index contributed by atoms with van der Waals surface area (Å²) in [6, 6.07) is 14.8. The van der Waals surface area contributed by atoms with Crippen molar-refractivity contribution in [3.63, 3.8) is 0 Å². The maximum atomic E-state index is 13.1. The van der Waals surface area contributed by atoms with Crippen LogP contribution in [0.4, 0.5) is 41.0 Å². The van der Waals surface area contributed by atoms with Crippen molar-refractivity contribution in [1.29, 1.82) is 0 Å². The fourth-order valence-corrected chi connectivity index (χ4v) is 4.11. The number of aromatic nitrogens is 4. The number of carbonyl (C=O) groups is 1. The van der Waals surface area contributed by atoms with E-state index in [-0.39, 0.29) is 5.69 Å². The smallest absolute Gasteiger partial charge is 0.417 e. The number of halogens is 4. The normalized spacial score (nSPS) is 11.3. The Balaban J connectivity index is 1.21. The molecule has 0 unspecified atom stereocenters. The van der Waals surface area contributed by atoms with Gasteiger partial charge >= 0.3 is 12.2 Å². The molecule has 3 heterocycles. The maximum Gasteiger partial charge on any atom is 0.417 e. The molecule has 0 bridgehead atoms. The Labute approximate surface area is 230 Å².